The van der Waals surface area contributed by atoms with Gasteiger partial charge in [-0.1, -0.05) is 18.2 Å². The summed E-state index contributed by atoms with van der Waals surface area (Å²) < 4.78 is 32.6. The van der Waals surface area contributed by atoms with Crippen LogP contribution in [0, 0.1) is 6.92 Å². The summed E-state index contributed by atoms with van der Waals surface area (Å²) in [6.45, 7) is 6.15. The molecule has 1 N–H and O–H groups in total. The van der Waals surface area contributed by atoms with Gasteiger partial charge in [0.2, 0.25) is 0 Å². The molecule has 0 saturated carbocycles. The van der Waals surface area contributed by atoms with Gasteiger partial charge >= 0.3 is 0 Å². The summed E-state index contributed by atoms with van der Waals surface area (Å²) in [5, 5.41) is 8.79. The third-order valence-electron chi connectivity index (χ3n) is 5.30. The fraction of sp³-hybridized carbons (Fsp3) is 0.304. The minimum atomic E-state index is -3.80. The van der Waals surface area contributed by atoms with E-state index in [2.05, 4.69) is 14.8 Å². The third kappa shape index (κ3) is 4.62. The van der Waals surface area contributed by atoms with Crippen LogP contribution < -0.4 is 14.5 Å². The number of para-hydroxylation sites is 1. The van der Waals surface area contributed by atoms with E-state index in [0.29, 0.717) is 12.4 Å². The van der Waals surface area contributed by atoms with Crippen molar-refractivity contribution in [1.82, 2.24) is 14.6 Å². The molecule has 168 valence electrons. The van der Waals surface area contributed by atoms with Crippen molar-refractivity contribution in [3.05, 3.63) is 65.9 Å². The third-order valence-corrected chi connectivity index (χ3v) is 6.54. The predicted molar refractivity (Wildman–Crippen MR) is 125 cm³/mol. The molecule has 2 aromatic carbocycles. The summed E-state index contributed by atoms with van der Waals surface area (Å²) in [6.07, 6.45) is 3.77. The van der Waals surface area contributed by atoms with Crippen LogP contribution in [-0.4, -0.2) is 44.1 Å². The number of nitrogens with one attached hydrogen (secondary N) is 1. The van der Waals surface area contributed by atoms with Crippen LogP contribution in [0.2, 0.25) is 0 Å². The molecule has 0 atom stereocenters. The van der Waals surface area contributed by atoms with Gasteiger partial charge in [0, 0.05) is 13.1 Å². The maximum absolute atomic E-state index is 12.6. The minimum absolute atomic E-state index is 0.120. The lowest BCUT2D eigenvalue weighted by Gasteiger charge is -2.20. The number of ether oxygens (including phenoxy) is 1. The van der Waals surface area contributed by atoms with E-state index in [1.54, 1.807) is 18.3 Å². The standard InChI is InChI=1S/C23H27N5O3S/c1-3-31-20-11-13-21(14-12-20)32(29,30)26-24-17-22-18(2)25-28(19-9-5-4-6-10-19)23(22)27-15-7-8-16-27/h4-6,9-14,17,26H,3,7-8,15-16H2,1-2H3/b24-17+. The van der Waals surface area contributed by atoms with E-state index in [0.717, 1.165) is 48.7 Å². The summed E-state index contributed by atoms with van der Waals surface area (Å²) >= 11 is 0. The van der Waals surface area contributed by atoms with Crippen molar-refractivity contribution in [1.29, 1.82) is 0 Å². The number of nitrogens with zero attached hydrogens (tertiary/aromatic N) is 4. The van der Waals surface area contributed by atoms with Crippen LogP contribution in [0.1, 0.15) is 31.0 Å². The van der Waals surface area contributed by atoms with Gasteiger partial charge < -0.3 is 9.64 Å². The molecule has 32 heavy (non-hydrogen) atoms. The first kappa shape index (κ1) is 21.9. The molecule has 3 aromatic rings. The Morgan fingerprint density at radius 1 is 1.09 bits per heavy atom. The monoisotopic (exact) mass is 453 g/mol. The summed E-state index contributed by atoms with van der Waals surface area (Å²) in [6, 6.07) is 16.2. The molecule has 8 nitrogen and oxygen atoms in total. The normalized spacial score (nSPS) is 14.2. The van der Waals surface area contributed by atoms with Crippen molar-refractivity contribution in [2.75, 3.05) is 24.6 Å². The number of aromatic nitrogens is 2. The van der Waals surface area contributed by atoms with Gasteiger partial charge in [0.25, 0.3) is 10.0 Å². The highest BCUT2D eigenvalue weighted by molar-refractivity contribution is 7.89. The minimum Gasteiger partial charge on any atom is -0.494 e. The number of hydrazone groups is 1. The van der Waals surface area contributed by atoms with E-state index in [1.807, 2.05) is 48.9 Å². The Bertz CT molecular complexity index is 1180. The average molecular weight is 454 g/mol. The molecule has 0 spiro atoms. The zero-order valence-electron chi connectivity index (χ0n) is 18.2. The average Bonchev–Trinajstić information content (AvgIpc) is 3.43. The largest absolute Gasteiger partial charge is 0.494 e. The number of hydrogen-bond acceptors (Lipinski definition) is 6. The lowest BCUT2D eigenvalue weighted by atomic mass is 10.2. The van der Waals surface area contributed by atoms with Crippen LogP contribution in [0.25, 0.3) is 5.69 Å². The van der Waals surface area contributed by atoms with E-state index in [-0.39, 0.29) is 4.90 Å². The van der Waals surface area contributed by atoms with Gasteiger partial charge in [0.1, 0.15) is 11.6 Å². The van der Waals surface area contributed by atoms with Crippen LogP contribution in [-0.2, 0) is 10.0 Å². The molecule has 1 aromatic heterocycles. The predicted octanol–water partition coefficient (Wildman–Crippen LogP) is 3.49. The Hall–Kier alpha value is -3.33. The molecule has 1 aliphatic heterocycles. The Morgan fingerprint density at radius 3 is 2.44 bits per heavy atom. The van der Waals surface area contributed by atoms with Gasteiger partial charge in [-0.05, 0) is 63.1 Å². The van der Waals surface area contributed by atoms with E-state index >= 15 is 0 Å². The molecular weight excluding hydrogens is 426 g/mol. The highest BCUT2D eigenvalue weighted by Crippen LogP contribution is 2.29. The Labute approximate surface area is 188 Å². The summed E-state index contributed by atoms with van der Waals surface area (Å²) in [7, 11) is -3.80. The van der Waals surface area contributed by atoms with Crippen LogP contribution in [0.15, 0.2) is 64.6 Å². The second kappa shape index (κ2) is 9.44. The Morgan fingerprint density at radius 2 is 1.78 bits per heavy atom. The molecule has 9 heteroatoms. The maximum Gasteiger partial charge on any atom is 0.276 e. The van der Waals surface area contributed by atoms with E-state index in [1.165, 1.54) is 12.1 Å². The summed E-state index contributed by atoms with van der Waals surface area (Å²) in [5.74, 6) is 1.55. The SMILES string of the molecule is CCOc1ccc(S(=O)(=O)N/N=C/c2c(C)nn(-c3ccccc3)c2N2CCCC2)cc1. The van der Waals surface area contributed by atoms with Gasteiger partial charge in [-0.15, -0.1) is 0 Å². The lowest BCUT2D eigenvalue weighted by Crippen LogP contribution is -2.23. The Balaban J connectivity index is 1.61. The van der Waals surface area contributed by atoms with E-state index in [4.69, 9.17) is 9.84 Å². The molecule has 1 saturated heterocycles. The van der Waals surface area contributed by atoms with Crippen LogP contribution in [0.5, 0.6) is 5.75 Å². The zero-order valence-corrected chi connectivity index (χ0v) is 19.0. The van der Waals surface area contributed by atoms with Crippen molar-refractivity contribution in [3.63, 3.8) is 0 Å². The summed E-state index contributed by atoms with van der Waals surface area (Å²) in [4.78, 5) is 4.71. The lowest BCUT2D eigenvalue weighted by molar-refractivity contribution is 0.340. The number of aryl methyl sites for hydroxylation is 1. The first-order chi connectivity index (χ1) is 15.5. The number of hydrogen-bond donors (Lipinski definition) is 1. The van der Waals surface area contributed by atoms with Gasteiger partial charge in [-0.25, -0.2) is 9.51 Å². The van der Waals surface area contributed by atoms with Crippen molar-refractivity contribution in [2.45, 2.75) is 31.6 Å². The van der Waals surface area contributed by atoms with Crippen LogP contribution >= 0.6 is 0 Å². The molecule has 0 unspecified atom stereocenters. The zero-order chi connectivity index (χ0) is 22.6. The highest BCUT2D eigenvalue weighted by Gasteiger charge is 2.23. The maximum atomic E-state index is 12.6. The van der Waals surface area contributed by atoms with Crippen molar-refractivity contribution in [2.24, 2.45) is 5.10 Å². The number of anilines is 1. The first-order valence-corrected chi connectivity index (χ1v) is 12.2. The van der Waals surface area contributed by atoms with Crippen molar-refractivity contribution < 1.29 is 13.2 Å². The fourth-order valence-corrected chi connectivity index (χ4v) is 4.55. The van der Waals surface area contributed by atoms with Crippen LogP contribution in [0.3, 0.4) is 0 Å². The Kier molecular flexibility index (Phi) is 6.45. The van der Waals surface area contributed by atoms with Crippen molar-refractivity contribution in [3.8, 4) is 11.4 Å². The molecular formula is C23H27N5O3S. The quantitative estimate of drug-likeness (QED) is 0.417. The second-order valence-electron chi connectivity index (χ2n) is 7.52. The highest BCUT2D eigenvalue weighted by atomic mass is 32.2. The molecule has 0 bridgehead atoms. The van der Waals surface area contributed by atoms with E-state index < -0.39 is 10.0 Å². The first-order valence-electron chi connectivity index (χ1n) is 10.7. The van der Waals surface area contributed by atoms with Gasteiger partial charge in [0.05, 0.1) is 34.7 Å². The smallest absolute Gasteiger partial charge is 0.276 e. The number of rotatable bonds is 8. The van der Waals surface area contributed by atoms with Crippen molar-refractivity contribution >= 4 is 22.1 Å². The van der Waals surface area contributed by atoms with E-state index in [9.17, 15) is 8.42 Å². The molecule has 0 aliphatic carbocycles. The van der Waals surface area contributed by atoms with Crippen LogP contribution in [0.4, 0.5) is 5.82 Å². The molecule has 2 heterocycles. The molecule has 1 fully saturated rings. The second-order valence-corrected chi connectivity index (χ2v) is 9.18. The topological polar surface area (TPSA) is 88.8 Å². The van der Waals surface area contributed by atoms with Gasteiger partial charge in [-0.2, -0.15) is 18.6 Å². The summed E-state index contributed by atoms with van der Waals surface area (Å²) in [5.41, 5.74) is 2.53. The number of benzene rings is 2. The fourth-order valence-electron chi connectivity index (χ4n) is 3.76. The molecule has 4 rings (SSSR count). The van der Waals surface area contributed by atoms with Gasteiger partial charge in [0.15, 0.2) is 0 Å². The van der Waals surface area contributed by atoms with Gasteiger partial charge in [-0.3, -0.25) is 0 Å². The molecule has 1 aliphatic rings. The molecule has 0 amide bonds. The molecule has 0 radical (unpaired) electrons. The number of sulfonamides is 1.